The van der Waals surface area contributed by atoms with Crippen molar-refractivity contribution < 1.29 is 9.84 Å². The molecule has 3 nitrogen and oxygen atoms in total. The maximum absolute atomic E-state index is 9.47. The minimum absolute atomic E-state index is 0.0478. The molecule has 0 fully saturated rings. The zero-order valence-corrected chi connectivity index (χ0v) is 14.8. The largest absolute Gasteiger partial charge is 0.494 e. The molecule has 1 aromatic carbocycles. The fraction of sp³-hybridized carbons (Fsp3) is 0.700. The number of aliphatic hydroxyl groups excluding tert-OH is 1. The molecule has 3 heteroatoms. The second-order valence-corrected chi connectivity index (χ2v) is 7.30. The van der Waals surface area contributed by atoms with Crippen LogP contribution in [0.4, 0.5) is 0 Å². The summed E-state index contributed by atoms with van der Waals surface area (Å²) in [6.45, 7) is 5.06. The Balaban J connectivity index is 1.84. The molecule has 0 aromatic heterocycles. The normalized spacial score (nSPS) is 19.9. The fourth-order valence-corrected chi connectivity index (χ4v) is 3.41. The highest BCUT2D eigenvalue weighted by molar-refractivity contribution is 5.38. The summed E-state index contributed by atoms with van der Waals surface area (Å²) >= 11 is 0. The molecular weight excluding hydrogens is 286 g/mol. The molecule has 0 aliphatic heterocycles. The van der Waals surface area contributed by atoms with E-state index in [2.05, 4.69) is 25.1 Å². The Kier molecular flexibility index (Phi) is 6.91. The molecule has 130 valence electrons. The zero-order valence-electron chi connectivity index (χ0n) is 14.8. The molecule has 23 heavy (non-hydrogen) atoms. The van der Waals surface area contributed by atoms with Gasteiger partial charge in [0.1, 0.15) is 5.75 Å². The Morgan fingerprint density at radius 2 is 2.00 bits per heavy atom. The number of nitrogens with two attached hydrogens (primary N) is 1. The van der Waals surface area contributed by atoms with Crippen molar-refractivity contribution in [3.63, 3.8) is 0 Å². The average molecular weight is 319 g/mol. The summed E-state index contributed by atoms with van der Waals surface area (Å²) in [4.78, 5) is 0. The van der Waals surface area contributed by atoms with Crippen LogP contribution in [0.1, 0.15) is 63.5 Å². The number of hydrogen-bond acceptors (Lipinski definition) is 3. The van der Waals surface area contributed by atoms with Crippen molar-refractivity contribution in [1.82, 2.24) is 0 Å². The highest BCUT2D eigenvalue weighted by Crippen LogP contribution is 2.33. The molecule has 3 N–H and O–H groups in total. The van der Waals surface area contributed by atoms with Gasteiger partial charge in [0.2, 0.25) is 0 Å². The molecule has 0 radical (unpaired) electrons. The van der Waals surface area contributed by atoms with Crippen molar-refractivity contribution in [2.75, 3.05) is 13.2 Å². The maximum Gasteiger partial charge on any atom is 0.119 e. The molecule has 0 spiro atoms. The van der Waals surface area contributed by atoms with Gasteiger partial charge >= 0.3 is 0 Å². The highest BCUT2D eigenvalue weighted by Gasteiger charge is 2.32. The Morgan fingerprint density at radius 3 is 2.74 bits per heavy atom. The lowest BCUT2D eigenvalue weighted by atomic mass is 9.74. The number of ether oxygens (including phenoxy) is 1. The lowest BCUT2D eigenvalue weighted by Crippen LogP contribution is -2.49. The quantitative estimate of drug-likeness (QED) is 0.680. The van der Waals surface area contributed by atoms with Crippen LogP contribution < -0.4 is 10.5 Å². The van der Waals surface area contributed by atoms with Gasteiger partial charge in [0.15, 0.2) is 0 Å². The second-order valence-electron chi connectivity index (χ2n) is 7.30. The van der Waals surface area contributed by atoms with Gasteiger partial charge in [-0.3, -0.25) is 0 Å². The summed E-state index contributed by atoms with van der Waals surface area (Å²) in [7, 11) is 0. The van der Waals surface area contributed by atoms with Gasteiger partial charge in [0.25, 0.3) is 0 Å². The van der Waals surface area contributed by atoms with Crippen molar-refractivity contribution in [2.45, 2.75) is 70.8 Å². The number of rotatable bonds is 9. The van der Waals surface area contributed by atoms with E-state index in [4.69, 9.17) is 10.5 Å². The molecule has 0 bridgehead atoms. The van der Waals surface area contributed by atoms with E-state index in [0.29, 0.717) is 5.92 Å². The van der Waals surface area contributed by atoms with Crippen LogP contribution in [0.5, 0.6) is 5.75 Å². The summed E-state index contributed by atoms with van der Waals surface area (Å²) < 4.78 is 5.90. The SMILES string of the molecule is CCCCCCCOc1ccc2c(c1)CCC([C@@](C)(N)CO)C2. The third-order valence-corrected chi connectivity index (χ3v) is 5.20. The first kappa shape index (κ1) is 18.3. The van der Waals surface area contributed by atoms with Crippen LogP contribution in [0.2, 0.25) is 0 Å². The Morgan fingerprint density at radius 1 is 1.22 bits per heavy atom. The van der Waals surface area contributed by atoms with Gasteiger partial charge in [0, 0.05) is 5.54 Å². The first-order valence-electron chi connectivity index (χ1n) is 9.21. The van der Waals surface area contributed by atoms with Gasteiger partial charge in [-0.2, -0.15) is 0 Å². The lowest BCUT2D eigenvalue weighted by molar-refractivity contribution is 0.144. The van der Waals surface area contributed by atoms with Crippen LogP contribution in [-0.4, -0.2) is 23.9 Å². The first-order valence-corrected chi connectivity index (χ1v) is 9.21. The van der Waals surface area contributed by atoms with Gasteiger partial charge in [-0.25, -0.2) is 0 Å². The minimum atomic E-state index is -0.481. The van der Waals surface area contributed by atoms with Crippen molar-refractivity contribution in [3.05, 3.63) is 29.3 Å². The molecule has 0 amide bonds. The van der Waals surface area contributed by atoms with E-state index < -0.39 is 5.54 Å². The summed E-state index contributed by atoms with van der Waals surface area (Å²) in [5.41, 5.74) is 8.49. The Bertz CT molecular complexity index is 485. The van der Waals surface area contributed by atoms with Crippen molar-refractivity contribution in [2.24, 2.45) is 11.7 Å². The highest BCUT2D eigenvalue weighted by atomic mass is 16.5. The van der Waals surface area contributed by atoms with Crippen LogP contribution in [0, 0.1) is 5.92 Å². The molecule has 1 aromatic rings. The number of hydrogen-bond donors (Lipinski definition) is 2. The van der Waals surface area contributed by atoms with Crippen LogP contribution >= 0.6 is 0 Å². The molecule has 1 aliphatic carbocycles. The van der Waals surface area contributed by atoms with E-state index in [-0.39, 0.29) is 6.61 Å². The molecule has 0 saturated heterocycles. The summed E-state index contributed by atoms with van der Waals surface area (Å²) in [6.07, 6.45) is 9.35. The molecule has 1 unspecified atom stereocenters. The van der Waals surface area contributed by atoms with E-state index in [1.54, 1.807) is 0 Å². The maximum atomic E-state index is 9.47. The monoisotopic (exact) mass is 319 g/mol. The Labute approximate surface area is 141 Å². The molecule has 2 rings (SSSR count). The van der Waals surface area contributed by atoms with E-state index in [0.717, 1.165) is 38.0 Å². The second kappa shape index (κ2) is 8.70. The van der Waals surface area contributed by atoms with Gasteiger partial charge in [-0.15, -0.1) is 0 Å². The predicted molar refractivity (Wildman–Crippen MR) is 95.9 cm³/mol. The number of unbranched alkanes of at least 4 members (excludes halogenated alkanes) is 4. The standard InChI is InChI=1S/C20H33NO2/c1-3-4-5-6-7-12-23-19-11-9-16-13-18(20(2,21)15-22)10-8-17(16)14-19/h9,11,14,18,22H,3-8,10,12-13,15,21H2,1-2H3/t18?,20-/m0/s1. The zero-order chi connectivity index (χ0) is 16.7. The lowest BCUT2D eigenvalue weighted by Gasteiger charge is -2.36. The van der Waals surface area contributed by atoms with Crippen molar-refractivity contribution in [1.29, 1.82) is 0 Å². The van der Waals surface area contributed by atoms with E-state index in [1.165, 1.54) is 36.8 Å². The number of aliphatic hydroxyl groups is 1. The molecule has 2 atom stereocenters. The van der Waals surface area contributed by atoms with E-state index >= 15 is 0 Å². The number of aryl methyl sites for hydroxylation is 1. The van der Waals surface area contributed by atoms with Crippen LogP contribution in [0.15, 0.2) is 18.2 Å². The smallest absolute Gasteiger partial charge is 0.119 e. The van der Waals surface area contributed by atoms with Crippen LogP contribution in [0.25, 0.3) is 0 Å². The molecular formula is C20H33NO2. The number of benzene rings is 1. The van der Waals surface area contributed by atoms with Gasteiger partial charge in [-0.1, -0.05) is 38.7 Å². The summed E-state index contributed by atoms with van der Waals surface area (Å²) in [6, 6.07) is 6.46. The minimum Gasteiger partial charge on any atom is -0.494 e. The fourth-order valence-electron chi connectivity index (χ4n) is 3.41. The topological polar surface area (TPSA) is 55.5 Å². The molecule has 0 heterocycles. The predicted octanol–water partition coefficient (Wildman–Crippen LogP) is 3.85. The molecule has 1 aliphatic rings. The van der Waals surface area contributed by atoms with Crippen LogP contribution in [-0.2, 0) is 12.8 Å². The van der Waals surface area contributed by atoms with Crippen molar-refractivity contribution >= 4 is 0 Å². The van der Waals surface area contributed by atoms with Crippen LogP contribution in [0.3, 0.4) is 0 Å². The van der Waals surface area contributed by atoms with E-state index in [9.17, 15) is 5.11 Å². The summed E-state index contributed by atoms with van der Waals surface area (Å²) in [5, 5.41) is 9.47. The van der Waals surface area contributed by atoms with E-state index in [1.807, 2.05) is 6.92 Å². The third kappa shape index (κ3) is 5.22. The third-order valence-electron chi connectivity index (χ3n) is 5.20. The molecule has 0 saturated carbocycles. The van der Waals surface area contributed by atoms with Gasteiger partial charge in [0.05, 0.1) is 13.2 Å². The Hall–Kier alpha value is -1.06. The van der Waals surface area contributed by atoms with Gasteiger partial charge < -0.3 is 15.6 Å². The first-order chi connectivity index (χ1) is 11.1. The van der Waals surface area contributed by atoms with Gasteiger partial charge in [-0.05, 0) is 61.8 Å². The summed E-state index contributed by atoms with van der Waals surface area (Å²) in [5.74, 6) is 1.35. The average Bonchev–Trinajstić information content (AvgIpc) is 2.57. The van der Waals surface area contributed by atoms with Crippen molar-refractivity contribution in [3.8, 4) is 5.75 Å². The number of fused-ring (bicyclic) bond motifs is 1.